The fourth-order valence-electron chi connectivity index (χ4n) is 1.82. The number of hydrogen-bond acceptors (Lipinski definition) is 5. The molecular formula is C16H29N3O3. The van der Waals surface area contributed by atoms with Crippen LogP contribution in [0.25, 0.3) is 0 Å². The zero-order valence-electron chi connectivity index (χ0n) is 14.3. The van der Waals surface area contributed by atoms with Gasteiger partial charge in [0, 0.05) is 23.7 Å². The fraction of sp³-hybridized carbons (Fsp3) is 0.750. The van der Waals surface area contributed by atoms with Gasteiger partial charge in [-0.1, -0.05) is 13.8 Å². The monoisotopic (exact) mass is 311 g/mol. The third-order valence-corrected chi connectivity index (χ3v) is 4.44. The summed E-state index contributed by atoms with van der Waals surface area (Å²) < 4.78 is 0. The number of likely N-dealkylation sites (N-methyl/N-ethyl adjacent to an activating group) is 1. The molecule has 1 aliphatic carbocycles. The van der Waals surface area contributed by atoms with Crippen molar-refractivity contribution in [3.05, 3.63) is 11.8 Å². The van der Waals surface area contributed by atoms with Crippen molar-refractivity contribution in [1.82, 2.24) is 10.2 Å². The van der Waals surface area contributed by atoms with Crippen molar-refractivity contribution in [3.63, 3.8) is 0 Å². The van der Waals surface area contributed by atoms with Crippen molar-refractivity contribution < 1.29 is 14.7 Å². The predicted molar refractivity (Wildman–Crippen MR) is 85.7 cm³/mol. The summed E-state index contributed by atoms with van der Waals surface area (Å²) in [7, 11) is 1.89. The van der Waals surface area contributed by atoms with Crippen LogP contribution in [0.15, 0.2) is 11.8 Å². The Labute approximate surface area is 132 Å². The van der Waals surface area contributed by atoms with E-state index in [1.54, 1.807) is 27.7 Å². The minimum absolute atomic E-state index is 0.174. The van der Waals surface area contributed by atoms with Crippen LogP contribution in [-0.4, -0.2) is 47.6 Å². The Morgan fingerprint density at radius 2 is 1.86 bits per heavy atom. The lowest BCUT2D eigenvalue weighted by molar-refractivity contribution is -0.135. The molecule has 1 aliphatic rings. The lowest BCUT2D eigenvalue weighted by Gasteiger charge is -2.33. The normalized spacial score (nSPS) is 16.8. The van der Waals surface area contributed by atoms with Crippen molar-refractivity contribution in [2.45, 2.75) is 46.1 Å². The Morgan fingerprint density at radius 1 is 1.32 bits per heavy atom. The number of amides is 2. The van der Waals surface area contributed by atoms with Gasteiger partial charge in [0.1, 0.15) is 0 Å². The van der Waals surface area contributed by atoms with Gasteiger partial charge < -0.3 is 10.8 Å². The van der Waals surface area contributed by atoms with Crippen LogP contribution < -0.4 is 11.1 Å². The van der Waals surface area contributed by atoms with E-state index in [9.17, 15) is 14.7 Å². The first-order chi connectivity index (χ1) is 10.0. The van der Waals surface area contributed by atoms with Gasteiger partial charge in [0.25, 0.3) is 5.91 Å². The van der Waals surface area contributed by atoms with Crippen molar-refractivity contribution in [3.8, 4) is 0 Å². The first kappa shape index (κ1) is 18.6. The minimum Gasteiger partial charge on any atom is -0.401 e. The SMILES string of the molecule is CN(CC1CC1)C(C)(C)C(=O)NC(=O)C=C(N)C(C)(C)CO. The number of nitrogens with two attached hydrogens (primary N) is 1. The number of aliphatic hydroxyl groups is 1. The van der Waals surface area contributed by atoms with E-state index in [0.29, 0.717) is 5.92 Å². The smallest absolute Gasteiger partial charge is 0.252 e. The average Bonchev–Trinajstić information content (AvgIpc) is 3.21. The summed E-state index contributed by atoms with van der Waals surface area (Å²) in [5.74, 6) is -0.253. The van der Waals surface area contributed by atoms with Crippen molar-refractivity contribution >= 4 is 11.8 Å². The van der Waals surface area contributed by atoms with Gasteiger partial charge in [-0.3, -0.25) is 19.8 Å². The number of rotatable bonds is 7. The summed E-state index contributed by atoms with van der Waals surface area (Å²) in [5.41, 5.74) is 4.57. The van der Waals surface area contributed by atoms with Gasteiger partial charge in [0.2, 0.25) is 5.91 Å². The molecule has 0 unspecified atom stereocenters. The van der Waals surface area contributed by atoms with Gasteiger partial charge in [-0.15, -0.1) is 0 Å². The van der Waals surface area contributed by atoms with Crippen LogP contribution in [0, 0.1) is 11.3 Å². The minimum atomic E-state index is -0.770. The maximum atomic E-state index is 12.3. The molecule has 0 radical (unpaired) electrons. The third kappa shape index (κ3) is 4.81. The second-order valence-electron chi connectivity index (χ2n) is 7.34. The summed E-state index contributed by atoms with van der Waals surface area (Å²) >= 11 is 0. The summed E-state index contributed by atoms with van der Waals surface area (Å²) in [6.45, 7) is 7.71. The van der Waals surface area contributed by atoms with E-state index < -0.39 is 16.9 Å². The molecule has 4 N–H and O–H groups in total. The highest BCUT2D eigenvalue weighted by molar-refractivity contribution is 6.04. The third-order valence-electron chi connectivity index (χ3n) is 4.44. The van der Waals surface area contributed by atoms with Gasteiger partial charge in [-0.05, 0) is 39.7 Å². The molecule has 0 atom stereocenters. The predicted octanol–water partition coefficient (Wildman–Crippen LogP) is 0.611. The number of aliphatic hydroxyl groups excluding tert-OH is 1. The maximum absolute atomic E-state index is 12.3. The van der Waals surface area contributed by atoms with E-state index in [2.05, 4.69) is 5.32 Å². The zero-order valence-corrected chi connectivity index (χ0v) is 14.3. The molecule has 2 amide bonds. The topological polar surface area (TPSA) is 95.7 Å². The number of carbonyl (C=O) groups is 2. The van der Waals surface area contributed by atoms with Crippen molar-refractivity contribution in [2.24, 2.45) is 17.1 Å². The molecule has 0 bridgehead atoms. The standard InChI is InChI=1S/C16H29N3O3/c1-15(2,10-20)12(17)8-13(21)18-14(22)16(3,4)19(5)9-11-6-7-11/h8,11,20H,6-7,9-10,17H2,1-5H3,(H,18,21,22). The molecule has 0 spiro atoms. The molecule has 0 aromatic rings. The second-order valence-corrected chi connectivity index (χ2v) is 7.34. The van der Waals surface area contributed by atoms with Crippen LogP contribution in [0.2, 0.25) is 0 Å². The fourth-order valence-corrected chi connectivity index (χ4v) is 1.82. The summed E-state index contributed by atoms with van der Waals surface area (Å²) in [6.07, 6.45) is 3.58. The van der Waals surface area contributed by atoms with Crippen LogP contribution in [0.3, 0.4) is 0 Å². The van der Waals surface area contributed by atoms with E-state index in [1.807, 2.05) is 11.9 Å². The quantitative estimate of drug-likeness (QED) is 0.599. The van der Waals surface area contributed by atoms with E-state index in [4.69, 9.17) is 5.73 Å². The molecule has 6 nitrogen and oxygen atoms in total. The molecule has 0 aliphatic heterocycles. The van der Waals surface area contributed by atoms with E-state index >= 15 is 0 Å². The number of imide groups is 1. The second kappa shape index (κ2) is 6.79. The molecule has 6 heteroatoms. The first-order valence-corrected chi connectivity index (χ1v) is 7.66. The number of carbonyl (C=O) groups excluding carboxylic acids is 2. The van der Waals surface area contributed by atoms with E-state index in [1.165, 1.54) is 18.9 Å². The molecule has 0 saturated heterocycles. The molecule has 0 aromatic carbocycles. The van der Waals surface area contributed by atoms with Gasteiger partial charge in [0.15, 0.2) is 0 Å². The molecule has 1 fully saturated rings. The number of nitrogens with zero attached hydrogens (tertiary/aromatic N) is 1. The summed E-state index contributed by atoms with van der Waals surface area (Å²) in [5, 5.41) is 11.6. The van der Waals surface area contributed by atoms with E-state index in [0.717, 1.165) is 6.54 Å². The average molecular weight is 311 g/mol. The number of hydrogen-bond donors (Lipinski definition) is 3. The van der Waals surface area contributed by atoms with Crippen LogP contribution in [-0.2, 0) is 9.59 Å². The summed E-state index contributed by atoms with van der Waals surface area (Å²) in [6, 6.07) is 0. The first-order valence-electron chi connectivity index (χ1n) is 7.66. The highest BCUT2D eigenvalue weighted by Gasteiger charge is 2.36. The molecule has 0 heterocycles. The Bertz CT molecular complexity index is 465. The lowest BCUT2D eigenvalue weighted by atomic mass is 9.90. The molecule has 1 rings (SSSR count). The number of nitrogens with one attached hydrogen (secondary N) is 1. The maximum Gasteiger partial charge on any atom is 0.252 e. The Kier molecular flexibility index (Phi) is 5.76. The molecule has 0 aromatic heterocycles. The highest BCUT2D eigenvalue weighted by Crippen LogP contribution is 2.31. The zero-order chi connectivity index (χ0) is 17.1. The van der Waals surface area contributed by atoms with E-state index in [-0.39, 0.29) is 18.2 Å². The Morgan fingerprint density at radius 3 is 2.32 bits per heavy atom. The molecular weight excluding hydrogens is 282 g/mol. The van der Waals surface area contributed by atoms with Gasteiger partial charge in [-0.25, -0.2) is 0 Å². The highest BCUT2D eigenvalue weighted by atomic mass is 16.3. The Hall–Kier alpha value is -1.40. The van der Waals surface area contributed by atoms with Gasteiger partial charge in [0.05, 0.1) is 12.1 Å². The van der Waals surface area contributed by atoms with Gasteiger partial charge in [-0.2, -0.15) is 0 Å². The molecule has 1 saturated carbocycles. The largest absolute Gasteiger partial charge is 0.401 e. The van der Waals surface area contributed by atoms with Crippen molar-refractivity contribution in [2.75, 3.05) is 20.2 Å². The Balaban J connectivity index is 2.66. The van der Waals surface area contributed by atoms with Gasteiger partial charge >= 0.3 is 0 Å². The van der Waals surface area contributed by atoms with Crippen LogP contribution in [0.5, 0.6) is 0 Å². The lowest BCUT2D eigenvalue weighted by Crippen LogP contribution is -2.55. The van der Waals surface area contributed by atoms with Crippen molar-refractivity contribution in [1.29, 1.82) is 0 Å². The molecule has 22 heavy (non-hydrogen) atoms. The van der Waals surface area contributed by atoms with Crippen LogP contribution in [0.4, 0.5) is 0 Å². The summed E-state index contributed by atoms with van der Waals surface area (Å²) in [4.78, 5) is 26.2. The van der Waals surface area contributed by atoms with Crippen LogP contribution in [0.1, 0.15) is 40.5 Å². The van der Waals surface area contributed by atoms with Crippen LogP contribution >= 0.6 is 0 Å². The molecule has 126 valence electrons.